The van der Waals surface area contributed by atoms with Gasteiger partial charge in [-0.05, 0) is 33.8 Å². The van der Waals surface area contributed by atoms with E-state index >= 15 is 0 Å². The van der Waals surface area contributed by atoms with Gasteiger partial charge in [0.2, 0.25) is 0 Å². The molecule has 0 aliphatic rings. The van der Waals surface area contributed by atoms with Gasteiger partial charge in [-0.15, -0.1) is 11.3 Å². The van der Waals surface area contributed by atoms with Crippen LogP contribution in [0.25, 0.3) is 0 Å². The number of hydrogen-bond acceptors (Lipinski definition) is 3. The maximum atomic E-state index is 5.01. The molecule has 0 unspecified atom stereocenters. The van der Waals surface area contributed by atoms with Gasteiger partial charge in [0.1, 0.15) is 0 Å². The van der Waals surface area contributed by atoms with Crippen LogP contribution in [0, 0.1) is 5.41 Å². The molecule has 0 radical (unpaired) electrons. The molecular formula is C12H20BrNOS. The van der Waals surface area contributed by atoms with Crippen molar-refractivity contribution in [1.82, 2.24) is 5.32 Å². The molecule has 0 fully saturated rings. The average molecular weight is 306 g/mol. The highest BCUT2D eigenvalue weighted by Crippen LogP contribution is 2.27. The Bertz CT molecular complexity index is 312. The van der Waals surface area contributed by atoms with Gasteiger partial charge in [0.15, 0.2) is 0 Å². The Kier molecular flexibility index (Phi) is 5.97. The fourth-order valence-electron chi connectivity index (χ4n) is 1.58. The van der Waals surface area contributed by atoms with E-state index in [-0.39, 0.29) is 5.41 Å². The summed E-state index contributed by atoms with van der Waals surface area (Å²) >= 11 is 5.31. The zero-order valence-electron chi connectivity index (χ0n) is 10.2. The second-order valence-corrected chi connectivity index (χ2v) is 6.65. The number of ether oxygens (including phenoxy) is 1. The lowest BCUT2D eigenvalue weighted by Crippen LogP contribution is -2.32. The monoisotopic (exact) mass is 305 g/mol. The van der Waals surface area contributed by atoms with E-state index in [1.807, 2.05) is 11.3 Å². The first kappa shape index (κ1) is 14.2. The van der Waals surface area contributed by atoms with Crippen LogP contribution < -0.4 is 5.32 Å². The molecule has 0 amide bonds. The number of nitrogens with one attached hydrogen (secondary N) is 1. The molecule has 0 saturated carbocycles. The molecule has 0 aliphatic carbocycles. The van der Waals surface area contributed by atoms with E-state index in [1.165, 1.54) is 9.35 Å². The van der Waals surface area contributed by atoms with Crippen LogP contribution >= 0.6 is 27.3 Å². The lowest BCUT2D eigenvalue weighted by Gasteiger charge is -2.24. The normalized spacial score (nSPS) is 12.0. The Morgan fingerprint density at radius 1 is 1.50 bits per heavy atom. The lowest BCUT2D eigenvalue weighted by molar-refractivity contribution is 0.194. The third kappa shape index (κ3) is 5.43. The third-order valence-electron chi connectivity index (χ3n) is 2.36. The van der Waals surface area contributed by atoms with Crippen molar-refractivity contribution < 1.29 is 4.74 Å². The fraction of sp³-hybridized carbons (Fsp3) is 0.667. The van der Waals surface area contributed by atoms with Crippen LogP contribution in [0.3, 0.4) is 0 Å². The Morgan fingerprint density at radius 2 is 2.25 bits per heavy atom. The topological polar surface area (TPSA) is 21.3 Å². The summed E-state index contributed by atoms with van der Waals surface area (Å²) < 4.78 is 6.20. The summed E-state index contributed by atoms with van der Waals surface area (Å²) in [4.78, 5) is 1.44. The molecule has 1 heterocycles. The van der Waals surface area contributed by atoms with E-state index in [0.717, 1.165) is 26.1 Å². The molecule has 1 N–H and O–H groups in total. The van der Waals surface area contributed by atoms with Crippen LogP contribution in [-0.2, 0) is 11.2 Å². The smallest absolute Gasteiger partial charge is 0.0587 e. The van der Waals surface area contributed by atoms with Crippen LogP contribution in [0.4, 0.5) is 0 Å². The van der Waals surface area contributed by atoms with E-state index in [4.69, 9.17) is 4.74 Å². The van der Waals surface area contributed by atoms with Crippen molar-refractivity contribution in [3.63, 3.8) is 0 Å². The number of hydrogen-bond donors (Lipinski definition) is 1. The largest absolute Gasteiger partial charge is 0.383 e. The number of methoxy groups -OCH3 is 1. The van der Waals surface area contributed by atoms with Crippen molar-refractivity contribution in [2.24, 2.45) is 5.41 Å². The van der Waals surface area contributed by atoms with Crippen LogP contribution in [0.5, 0.6) is 0 Å². The highest BCUT2D eigenvalue weighted by molar-refractivity contribution is 9.10. The lowest BCUT2D eigenvalue weighted by atomic mass is 9.88. The highest BCUT2D eigenvalue weighted by atomic mass is 79.9. The van der Waals surface area contributed by atoms with Crippen molar-refractivity contribution >= 4 is 27.3 Å². The van der Waals surface area contributed by atoms with E-state index in [2.05, 4.69) is 46.5 Å². The minimum Gasteiger partial charge on any atom is -0.383 e. The molecule has 2 nitrogen and oxygen atoms in total. The molecule has 92 valence electrons. The summed E-state index contributed by atoms with van der Waals surface area (Å²) in [7, 11) is 1.73. The van der Waals surface area contributed by atoms with Gasteiger partial charge in [-0.25, -0.2) is 0 Å². The molecule has 0 aliphatic heterocycles. The summed E-state index contributed by atoms with van der Waals surface area (Å²) in [6.45, 7) is 7.31. The first-order chi connectivity index (χ1) is 7.53. The van der Waals surface area contributed by atoms with Gasteiger partial charge in [-0.3, -0.25) is 0 Å². The summed E-state index contributed by atoms with van der Waals surface area (Å²) in [5, 5.41) is 5.56. The Hall–Kier alpha value is 0.1000. The van der Waals surface area contributed by atoms with Crippen LogP contribution in [0.1, 0.15) is 18.7 Å². The number of thiophene rings is 1. The molecule has 0 atom stereocenters. The first-order valence-electron chi connectivity index (χ1n) is 5.46. The van der Waals surface area contributed by atoms with Gasteiger partial charge in [0, 0.05) is 34.9 Å². The van der Waals surface area contributed by atoms with Crippen LogP contribution in [-0.4, -0.2) is 26.8 Å². The molecule has 1 rings (SSSR count). The second-order valence-electron chi connectivity index (χ2n) is 4.74. The van der Waals surface area contributed by atoms with Crippen molar-refractivity contribution in [1.29, 1.82) is 0 Å². The molecule has 0 saturated heterocycles. The van der Waals surface area contributed by atoms with Crippen molar-refractivity contribution in [2.45, 2.75) is 20.3 Å². The first-order valence-corrected chi connectivity index (χ1v) is 7.13. The van der Waals surface area contributed by atoms with Gasteiger partial charge in [0.25, 0.3) is 0 Å². The Morgan fingerprint density at radius 3 is 2.81 bits per heavy atom. The van der Waals surface area contributed by atoms with Gasteiger partial charge in [0.05, 0.1) is 6.61 Å². The predicted octanol–water partition coefficient (Wildman–Crippen LogP) is 3.32. The van der Waals surface area contributed by atoms with Crippen molar-refractivity contribution in [3.8, 4) is 0 Å². The van der Waals surface area contributed by atoms with E-state index in [9.17, 15) is 0 Å². The van der Waals surface area contributed by atoms with E-state index < -0.39 is 0 Å². The molecule has 0 spiro atoms. The zero-order chi connectivity index (χ0) is 12.0. The number of halogens is 1. The van der Waals surface area contributed by atoms with Gasteiger partial charge >= 0.3 is 0 Å². The maximum absolute atomic E-state index is 5.01. The van der Waals surface area contributed by atoms with Gasteiger partial charge in [-0.1, -0.05) is 13.8 Å². The van der Waals surface area contributed by atoms with E-state index in [1.54, 1.807) is 7.11 Å². The summed E-state index contributed by atoms with van der Waals surface area (Å²) in [5.41, 5.74) is 0.290. The minimum atomic E-state index is 0.290. The molecule has 1 aromatic rings. The van der Waals surface area contributed by atoms with E-state index in [0.29, 0.717) is 0 Å². The fourth-order valence-corrected chi connectivity index (χ4v) is 3.29. The van der Waals surface area contributed by atoms with Crippen LogP contribution in [0.15, 0.2) is 15.9 Å². The Labute approximate surface area is 111 Å². The predicted molar refractivity (Wildman–Crippen MR) is 74.2 cm³/mol. The highest BCUT2D eigenvalue weighted by Gasteiger charge is 2.18. The third-order valence-corrected chi connectivity index (χ3v) is 4.06. The Balaban J connectivity index is 2.33. The number of rotatable bonds is 7. The maximum Gasteiger partial charge on any atom is 0.0587 e. The van der Waals surface area contributed by atoms with Gasteiger partial charge in [-0.2, -0.15) is 0 Å². The summed E-state index contributed by atoms with van der Waals surface area (Å²) in [6.07, 6.45) is 1.11. The molecule has 0 bridgehead atoms. The minimum absolute atomic E-state index is 0.290. The molecule has 0 aromatic carbocycles. The quantitative estimate of drug-likeness (QED) is 0.780. The molecule has 4 heteroatoms. The van der Waals surface area contributed by atoms with Crippen molar-refractivity contribution in [2.75, 3.05) is 26.8 Å². The SMILES string of the molecule is COCCNCC(C)(C)Cc1cc(Br)cs1. The standard InChI is InChI=1S/C12H20BrNOS/c1-12(2,9-14-4-5-15-3)7-11-6-10(13)8-16-11/h6,8,14H,4-5,7,9H2,1-3H3. The average Bonchev–Trinajstić information content (AvgIpc) is 2.58. The van der Waals surface area contributed by atoms with Crippen molar-refractivity contribution in [3.05, 3.63) is 20.8 Å². The van der Waals surface area contributed by atoms with Gasteiger partial charge < -0.3 is 10.1 Å². The molecule has 1 aromatic heterocycles. The summed E-state index contributed by atoms with van der Waals surface area (Å²) in [5.74, 6) is 0. The van der Waals surface area contributed by atoms with Crippen LogP contribution in [0.2, 0.25) is 0 Å². The molecular weight excluding hydrogens is 286 g/mol. The zero-order valence-corrected chi connectivity index (χ0v) is 12.6. The second kappa shape index (κ2) is 6.74. The molecule has 16 heavy (non-hydrogen) atoms. The summed E-state index contributed by atoms with van der Waals surface area (Å²) in [6, 6.07) is 2.21.